The highest BCUT2D eigenvalue weighted by atomic mass is 35.5. The number of likely N-dealkylation sites (tertiary alicyclic amines) is 1. The van der Waals surface area contributed by atoms with Crippen LogP contribution in [-0.2, 0) is 4.74 Å². The van der Waals surface area contributed by atoms with Crippen LogP contribution in [0.15, 0.2) is 36.8 Å². The molecule has 1 fully saturated rings. The van der Waals surface area contributed by atoms with Crippen LogP contribution in [0.3, 0.4) is 0 Å². The molecular weight excluding hydrogens is 436 g/mol. The van der Waals surface area contributed by atoms with E-state index in [-0.39, 0.29) is 12.1 Å². The number of β-amino-alcohol motifs (C(OH)–C–C–N with tert-alkyl or cyclic N) is 1. The number of anilines is 2. The molecule has 3 N–H and O–H groups in total. The molecular formula is C21H23ClN6O4. The average Bonchev–Trinajstić information content (AvgIpc) is 3.34. The first kappa shape index (κ1) is 21.8. The minimum Gasteiger partial charge on any atom is -0.447 e. The first-order valence-corrected chi connectivity index (χ1v) is 10.5. The molecule has 4 rings (SSSR count). The van der Waals surface area contributed by atoms with E-state index in [9.17, 15) is 14.7 Å². The third-order valence-electron chi connectivity index (χ3n) is 4.84. The summed E-state index contributed by atoms with van der Waals surface area (Å²) >= 11 is 6.39. The van der Waals surface area contributed by atoms with E-state index in [4.69, 9.17) is 16.3 Å². The Morgan fingerprint density at radius 3 is 2.78 bits per heavy atom. The standard InChI is InChI=1S/C21H23ClN6O4/c1-12(2)32-21(31)25-14-8-23-19-26-18(11-28(19)9-14)16-7-13(3-4-17(16)22)24-20(30)27-6-5-15(29)10-27/h3-4,7-9,11-12,15,29H,5-6,10H2,1-2H3,(H,24,30)(H,25,31)/t15-/m1/s1. The molecule has 1 aromatic carbocycles. The zero-order valence-electron chi connectivity index (χ0n) is 17.6. The van der Waals surface area contributed by atoms with E-state index in [0.717, 1.165) is 0 Å². The molecule has 0 unspecified atom stereocenters. The second-order valence-corrected chi connectivity index (χ2v) is 8.18. The molecule has 0 aliphatic carbocycles. The van der Waals surface area contributed by atoms with E-state index in [1.165, 1.54) is 6.20 Å². The van der Waals surface area contributed by atoms with Crippen LogP contribution in [0, 0.1) is 0 Å². The van der Waals surface area contributed by atoms with Crippen LogP contribution in [-0.4, -0.2) is 61.8 Å². The Bertz CT molecular complexity index is 1160. The fourth-order valence-corrected chi connectivity index (χ4v) is 3.58. The molecule has 1 aliphatic rings. The van der Waals surface area contributed by atoms with Gasteiger partial charge in [-0.05, 0) is 38.5 Å². The molecule has 0 bridgehead atoms. The summed E-state index contributed by atoms with van der Waals surface area (Å²) in [6.07, 6.45) is 4.15. The number of carbonyl (C=O) groups excluding carboxylic acids is 2. The zero-order valence-corrected chi connectivity index (χ0v) is 18.3. The molecule has 3 amide bonds. The highest BCUT2D eigenvalue weighted by Gasteiger charge is 2.24. The lowest BCUT2D eigenvalue weighted by Crippen LogP contribution is -2.33. The smallest absolute Gasteiger partial charge is 0.411 e. The first-order valence-electron chi connectivity index (χ1n) is 10.1. The van der Waals surface area contributed by atoms with Gasteiger partial charge in [0.25, 0.3) is 0 Å². The lowest BCUT2D eigenvalue weighted by Gasteiger charge is -2.17. The van der Waals surface area contributed by atoms with Crippen molar-refractivity contribution >= 4 is 40.9 Å². The van der Waals surface area contributed by atoms with Gasteiger partial charge in [-0.15, -0.1) is 0 Å². The van der Waals surface area contributed by atoms with E-state index in [0.29, 0.717) is 52.9 Å². The fourth-order valence-electron chi connectivity index (χ4n) is 3.37. The largest absolute Gasteiger partial charge is 0.447 e. The van der Waals surface area contributed by atoms with Gasteiger partial charge in [0, 0.05) is 36.7 Å². The number of benzene rings is 1. The first-order chi connectivity index (χ1) is 15.3. The maximum absolute atomic E-state index is 12.4. The van der Waals surface area contributed by atoms with Gasteiger partial charge in [0.05, 0.1) is 34.8 Å². The highest BCUT2D eigenvalue weighted by molar-refractivity contribution is 6.33. The van der Waals surface area contributed by atoms with Crippen molar-refractivity contribution in [3.05, 3.63) is 41.8 Å². The van der Waals surface area contributed by atoms with Crippen molar-refractivity contribution < 1.29 is 19.4 Å². The third-order valence-corrected chi connectivity index (χ3v) is 5.17. The number of imidazole rings is 1. The maximum atomic E-state index is 12.4. The van der Waals surface area contributed by atoms with Gasteiger partial charge < -0.3 is 20.1 Å². The van der Waals surface area contributed by atoms with Crippen molar-refractivity contribution in [1.82, 2.24) is 19.3 Å². The normalized spacial score (nSPS) is 15.9. The fraction of sp³-hybridized carbons (Fsp3) is 0.333. The van der Waals surface area contributed by atoms with Gasteiger partial charge >= 0.3 is 12.1 Å². The van der Waals surface area contributed by atoms with E-state index >= 15 is 0 Å². The molecule has 3 aromatic rings. The molecule has 1 atom stereocenters. The van der Waals surface area contributed by atoms with Crippen LogP contribution in [0.1, 0.15) is 20.3 Å². The van der Waals surface area contributed by atoms with Gasteiger partial charge in [-0.25, -0.2) is 19.6 Å². The monoisotopic (exact) mass is 458 g/mol. The molecule has 32 heavy (non-hydrogen) atoms. The van der Waals surface area contributed by atoms with Gasteiger partial charge in [0.15, 0.2) is 0 Å². The quantitative estimate of drug-likeness (QED) is 0.549. The number of aliphatic hydroxyl groups is 1. The number of nitrogens with zero attached hydrogens (tertiary/aromatic N) is 4. The van der Waals surface area contributed by atoms with Crippen LogP contribution in [0.25, 0.3) is 17.0 Å². The number of hydrogen-bond donors (Lipinski definition) is 3. The molecule has 168 valence electrons. The molecule has 0 saturated carbocycles. The number of aliphatic hydroxyl groups excluding tert-OH is 1. The van der Waals surface area contributed by atoms with Crippen LogP contribution in [0.4, 0.5) is 21.0 Å². The van der Waals surface area contributed by atoms with Gasteiger partial charge in [-0.2, -0.15) is 0 Å². The number of rotatable bonds is 4. The number of aromatic nitrogens is 3. The topological polar surface area (TPSA) is 121 Å². The van der Waals surface area contributed by atoms with Crippen molar-refractivity contribution in [3.63, 3.8) is 0 Å². The number of amides is 3. The number of hydrogen-bond acceptors (Lipinski definition) is 6. The van der Waals surface area contributed by atoms with Gasteiger partial charge in [-0.3, -0.25) is 9.72 Å². The Hall–Kier alpha value is -3.37. The van der Waals surface area contributed by atoms with Crippen molar-refractivity contribution in [2.45, 2.75) is 32.5 Å². The predicted octanol–water partition coefficient (Wildman–Crippen LogP) is 3.61. The van der Waals surface area contributed by atoms with E-state index in [1.54, 1.807) is 53.7 Å². The van der Waals surface area contributed by atoms with Crippen molar-refractivity contribution in [1.29, 1.82) is 0 Å². The number of halogens is 1. The second kappa shape index (κ2) is 9.01. The predicted molar refractivity (Wildman–Crippen MR) is 120 cm³/mol. The molecule has 1 aliphatic heterocycles. The highest BCUT2D eigenvalue weighted by Crippen LogP contribution is 2.30. The molecule has 0 spiro atoms. The zero-order chi connectivity index (χ0) is 22.8. The van der Waals surface area contributed by atoms with E-state index in [1.807, 2.05) is 0 Å². The summed E-state index contributed by atoms with van der Waals surface area (Å²) in [5.41, 5.74) is 2.17. The van der Waals surface area contributed by atoms with Crippen LogP contribution in [0.5, 0.6) is 0 Å². The van der Waals surface area contributed by atoms with Crippen LogP contribution >= 0.6 is 11.6 Å². The molecule has 11 heteroatoms. The maximum Gasteiger partial charge on any atom is 0.411 e. The minimum absolute atomic E-state index is 0.239. The molecule has 2 aromatic heterocycles. The number of nitrogens with one attached hydrogen (secondary N) is 2. The third kappa shape index (κ3) is 4.92. The summed E-state index contributed by atoms with van der Waals surface area (Å²) < 4.78 is 6.73. The van der Waals surface area contributed by atoms with Gasteiger partial charge in [-0.1, -0.05) is 11.6 Å². The minimum atomic E-state index is -0.571. The lowest BCUT2D eigenvalue weighted by molar-refractivity contribution is 0.130. The Balaban J connectivity index is 1.54. The van der Waals surface area contributed by atoms with E-state index in [2.05, 4.69) is 20.6 Å². The number of fused-ring (bicyclic) bond motifs is 1. The number of urea groups is 1. The molecule has 0 radical (unpaired) electrons. The number of ether oxygens (including phenoxy) is 1. The Labute approximate surface area is 189 Å². The molecule has 10 nitrogen and oxygen atoms in total. The molecule has 3 heterocycles. The summed E-state index contributed by atoms with van der Waals surface area (Å²) in [4.78, 5) is 34.5. The van der Waals surface area contributed by atoms with Crippen molar-refractivity contribution in [3.8, 4) is 11.3 Å². The summed E-state index contributed by atoms with van der Waals surface area (Å²) in [5, 5.41) is 15.5. The molecule has 1 saturated heterocycles. The Kier molecular flexibility index (Phi) is 6.15. The number of carbonyl (C=O) groups is 2. The van der Waals surface area contributed by atoms with Crippen LogP contribution < -0.4 is 10.6 Å². The van der Waals surface area contributed by atoms with Gasteiger partial charge in [0.2, 0.25) is 5.78 Å². The summed E-state index contributed by atoms with van der Waals surface area (Å²) in [6.45, 7) is 4.34. The lowest BCUT2D eigenvalue weighted by atomic mass is 10.1. The Morgan fingerprint density at radius 1 is 1.25 bits per heavy atom. The van der Waals surface area contributed by atoms with Gasteiger partial charge in [0.1, 0.15) is 0 Å². The average molecular weight is 459 g/mol. The SMILES string of the molecule is CC(C)OC(=O)Nc1cnc2nc(-c3cc(NC(=O)N4CC[C@@H](O)C4)ccc3Cl)cn2c1. The van der Waals surface area contributed by atoms with E-state index < -0.39 is 12.2 Å². The van der Waals surface area contributed by atoms with Crippen molar-refractivity contribution in [2.24, 2.45) is 0 Å². The van der Waals surface area contributed by atoms with Crippen molar-refractivity contribution in [2.75, 3.05) is 23.7 Å². The second-order valence-electron chi connectivity index (χ2n) is 7.77. The summed E-state index contributed by atoms with van der Waals surface area (Å²) in [7, 11) is 0. The summed E-state index contributed by atoms with van der Waals surface area (Å²) in [5.74, 6) is 0.416. The summed E-state index contributed by atoms with van der Waals surface area (Å²) in [6, 6.07) is 4.83. The van der Waals surface area contributed by atoms with Crippen LogP contribution in [0.2, 0.25) is 5.02 Å². The Morgan fingerprint density at radius 2 is 2.06 bits per heavy atom.